The molecule has 3 aromatic rings. The Kier molecular flexibility index (Phi) is 2.96. The molecule has 0 fully saturated rings. The highest BCUT2D eigenvalue weighted by molar-refractivity contribution is 7.18. The number of pyridine rings is 1. The van der Waals surface area contributed by atoms with Gasteiger partial charge in [0.1, 0.15) is 16.2 Å². The van der Waals surface area contributed by atoms with Crippen LogP contribution in [0.2, 0.25) is 0 Å². The minimum absolute atomic E-state index is 0.176. The number of hydrogen-bond donors (Lipinski definition) is 2. The lowest BCUT2D eigenvalue weighted by Crippen LogP contribution is -2.11. The van der Waals surface area contributed by atoms with Gasteiger partial charge in [0.15, 0.2) is 0 Å². The molecule has 100 valence electrons. The molecule has 0 aliphatic rings. The number of aromatic nitrogens is 2. The summed E-state index contributed by atoms with van der Waals surface area (Å²) >= 11 is 1.00. The van der Waals surface area contributed by atoms with Crippen molar-refractivity contribution in [2.45, 2.75) is 0 Å². The molecule has 0 aliphatic heterocycles. The normalized spacial score (nSPS) is 10.6. The number of nitrogens with one attached hydrogen (secondary N) is 1. The standard InChI is InChI=1S/C13H9N3O3S/c17-12(15-11-5-4-9(20-11)13(18)19)8-7-16-6-2-1-3-10(16)14-8/h1-7H,(H,15,17)(H,18,19). The summed E-state index contributed by atoms with van der Waals surface area (Å²) in [6.45, 7) is 0. The maximum absolute atomic E-state index is 12.0. The third kappa shape index (κ3) is 2.26. The first-order chi connectivity index (χ1) is 9.63. The van der Waals surface area contributed by atoms with E-state index in [1.54, 1.807) is 28.9 Å². The fraction of sp³-hybridized carbons (Fsp3) is 0. The Balaban J connectivity index is 1.83. The van der Waals surface area contributed by atoms with Crippen LogP contribution in [0.1, 0.15) is 20.2 Å². The Morgan fingerprint density at radius 3 is 2.80 bits per heavy atom. The highest BCUT2D eigenvalue weighted by atomic mass is 32.1. The van der Waals surface area contributed by atoms with Gasteiger partial charge in [0.2, 0.25) is 0 Å². The van der Waals surface area contributed by atoms with Gasteiger partial charge in [-0.3, -0.25) is 4.79 Å². The zero-order valence-corrected chi connectivity index (χ0v) is 10.9. The largest absolute Gasteiger partial charge is 0.477 e. The number of amides is 1. The van der Waals surface area contributed by atoms with Crippen molar-refractivity contribution in [2.24, 2.45) is 0 Å². The van der Waals surface area contributed by atoms with Crippen molar-refractivity contribution in [3.8, 4) is 0 Å². The van der Waals surface area contributed by atoms with E-state index in [-0.39, 0.29) is 16.5 Å². The third-order valence-corrected chi connectivity index (χ3v) is 3.64. The Hall–Kier alpha value is -2.67. The SMILES string of the molecule is O=C(Nc1ccc(C(=O)O)s1)c1cn2ccccc2n1. The molecule has 7 heteroatoms. The number of thiophene rings is 1. The highest BCUT2D eigenvalue weighted by Crippen LogP contribution is 2.22. The van der Waals surface area contributed by atoms with E-state index in [0.29, 0.717) is 10.6 Å². The van der Waals surface area contributed by atoms with Crippen LogP contribution in [0, 0.1) is 0 Å². The second kappa shape index (κ2) is 4.78. The number of imidazole rings is 1. The number of carbonyl (C=O) groups excluding carboxylic acids is 1. The number of nitrogens with zero attached hydrogens (tertiary/aromatic N) is 2. The summed E-state index contributed by atoms with van der Waals surface area (Å²) in [5.41, 5.74) is 0.955. The molecule has 6 nitrogen and oxygen atoms in total. The highest BCUT2D eigenvalue weighted by Gasteiger charge is 2.13. The minimum atomic E-state index is -1.01. The summed E-state index contributed by atoms with van der Waals surface area (Å²) in [7, 11) is 0. The van der Waals surface area contributed by atoms with E-state index in [1.807, 2.05) is 12.1 Å². The number of carboxylic acids is 1. The number of carboxylic acid groups (broad SMARTS) is 1. The van der Waals surface area contributed by atoms with Gasteiger partial charge in [0.25, 0.3) is 5.91 Å². The van der Waals surface area contributed by atoms with Crippen molar-refractivity contribution in [1.82, 2.24) is 9.38 Å². The molecule has 0 saturated heterocycles. The van der Waals surface area contributed by atoms with Crippen molar-refractivity contribution in [1.29, 1.82) is 0 Å². The second-order valence-corrected chi connectivity index (χ2v) is 5.10. The van der Waals surface area contributed by atoms with Crippen LogP contribution in [0.25, 0.3) is 5.65 Å². The van der Waals surface area contributed by atoms with Gasteiger partial charge in [0, 0.05) is 12.4 Å². The van der Waals surface area contributed by atoms with Gasteiger partial charge in [0.05, 0.1) is 5.00 Å². The van der Waals surface area contributed by atoms with Gasteiger partial charge in [-0.2, -0.15) is 0 Å². The minimum Gasteiger partial charge on any atom is -0.477 e. The second-order valence-electron chi connectivity index (χ2n) is 4.02. The first kappa shape index (κ1) is 12.4. The molecule has 3 aromatic heterocycles. The molecule has 0 atom stereocenters. The van der Waals surface area contributed by atoms with E-state index in [0.717, 1.165) is 11.3 Å². The summed E-state index contributed by atoms with van der Waals surface area (Å²) in [6.07, 6.45) is 3.42. The number of anilines is 1. The molecular weight excluding hydrogens is 278 g/mol. The summed E-state index contributed by atoms with van der Waals surface area (Å²) < 4.78 is 1.74. The van der Waals surface area contributed by atoms with Crippen LogP contribution >= 0.6 is 11.3 Å². The fourth-order valence-electron chi connectivity index (χ4n) is 1.74. The smallest absolute Gasteiger partial charge is 0.345 e. The van der Waals surface area contributed by atoms with Crippen molar-refractivity contribution >= 4 is 33.9 Å². The maximum atomic E-state index is 12.0. The first-order valence-corrected chi connectivity index (χ1v) is 6.53. The van der Waals surface area contributed by atoms with Crippen LogP contribution in [-0.4, -0.2) is 26.4 Å². The Bertz CT molecular complexity index is 773. The molecule has 0 unspecified atom stereocenters. The molecule has 0 spiro atoms. The molecule has 3 rings (SSSR count). The quantitative estimate of drug-likeness (QED) is 0.774. The lowest BCUT2D eigenvalue weighted by atomic mass is 10.4. The predicted molar refractivity (Wildman–Crippen MR) is 74.4 cm³/mol. The lowest BCUT2D eigenvalue weighted by Gasteiger charge is -1.97. The van der Waals surface area contributed by atoms with Crippen molar-refractivity contribution in [2.75, 3.05) is 5.32 Å². The lowest BCUT2D eigenvalue weighted by molar-refractivity contribution is 0.0702. The van der Waals surface area contributed by atoms with Gasteiger partial charge in [-0.1, -0.05) is 6.07 Å². The number of aromatic carboxylic acids is 1. The number of fused-ring (bicyclic) bond motifs is 1. The van der Waals surface area contributed by atoms with E-state index in [1.165, 1.54) is 6.07 Å². The van der Waals surface area contributed by atoms with E-state index < -0.39 is 5.97 Å². The summed E-state index contributed by atoms with van der Waals surface area (Å²) in [5, 5.41) is 11.9. The zero-order valence-electron chi connectivity index (χ0n) is 10.1. The van der Waals surface area contributed by atoms with E-state index in [2.05, 4.69) is 10.3 Å². The monoisotopic (exact) mass is 287 g/mol. The van der Waals surface area contributed by atoms with Crippen LogP contribution in [-0.2, 0) is 0 Å². The van der Waals surface area contributed by atoms with Crippen molar-refractivity contribution in [3.05, 3.63) is 53.3 Å². The summed E-state index contributed by atoms with van der Waals surface area (Å²) in [5.74, 6) is -1.38. The van der Waals surface area contributed by atoms with Crippen LogP contribution in [0.3, 0.4) is 0 Å². The van der Waals surface area contributed by atoms with Crippen molar-refractivity contribution in [3.63, 3.8) is 0 Å². The predicted octanol–water partition coefficient (Wildman–Crippen LogP) is 2.35. The molecular formula is C13H9N3O3S. The first-order valence-electron chi connectivity index (χ1n) is 5.72. The molecule has 0 aliphatic carbocycles. The Morgan fingerprint density at radius 1 is 1.25 bits per heavy atom. The molecule has 1 amide bonds. The molecule has 0 bridgehead atoms. The van der Waals surface area contributed by atoms with E-state index in [9.17, 15) is 9.59 Å². The molecule has 20 heavy (non-hydrogen) atoms. The maximum Gasteiger partial charge on any atom is 0.345 e. The van der Waals surface area contributed by atoms with Crippen LogP contribution < -0.4 is 5.32 Å². The van der Waals surface area contributed by atoms with Crippen LogP contribution in [0.5, 0.6) is 0 Å². The van der Waals surface area contributed by atoms with Gasteiger partial charge in [-0.25, -0.2) is 9.78 Å². The van der Waals surface area contributed by atoms with E-state index in [4.69, 9.17) is 5.11 Å². The Morgan fingerprint density at radius 2 is 2.10 bits per heavy atom. The van der Waals surface area contributed by atoms with Crippen LogP contribution in [0.4, 0.5) is 5.00 Å². The number of hydrogen-bond acceptors (Lipinski definition) is 4. The fourth-order valence-corrected chi connectivity index (χ4v) is 2.48. The zero-order chi connectivity index (χ0) is 14.1. The third-order valence-electron chi connectivity index (χ3n) is 2.65. The van der Waals surface area contributed by atoms with Gasteiger partial charge >= 0.3 is 5.97 Å². The topological polar surface area (TPSA) is 83.7 Å². The summed E-state index contributed by atoms with van der Waals surface area (Å²) in [6, 6.07) is 8.48. The average molecular weight is 287 g/mol. The van der Waals surface area contributed by atoms with Gasteiger partial charge in [-0.05, 0) is 24.3 Å². The number of rotatable bonds is 3. The van der Waals surface area contributed by atoms with E-state index >= 15 is 0 Å². The van der Waals surface area contributed by atoms with Gasteiger partial charge < -0.3 is 14.8 Å². The Labute approximate surface area is 117 Å². The molecule has 0 aromatic carbocycles. The van der Waals surface area contributed by atoms with Gasteiger partial charge in [-0.15, -0.1) is 11.3 Å². The molecule has 3 heterocycles. The molecule has 2 N–H and O–H groups in total. The molecule has 0 radical (unpaired) electrons. The van der Waals surface area contributed by atoms with Crippen LogP contribution in [0.15, 0.2) is 42.7 Å². The number of carbonyl (C=O) groups is 2. The van der Waals surface area contributed by atoms with Crippen molar-refractivity contribution < 1.29 is 14.7 Å². The summed E-state index contributed by atoms with van der Waals surface area (Å²) in [4.78, 5) is 27.2. The molecule has 0 saturated carbocycles. The average Bonchev–Trinajstić information content (AvgIpc) is 3.04.